The summed E-state index contributed by atoms with van der Waals surface area (Å²) < 4.78 is 0. The van der Waals surface area contributed by atoms with Crippen molar-refractivity contribution < 1.29 is 0 Å². The molecule has 3 rings (SSSR count). The minimum Gasteiger partial charge on any atom is -0.369 e. The Morgan fingerprint density at radius 3 is 2.31 bits per heavy atom. The van der Waals surface area contributed by atoms with Gasteiger partial charge in [0.05, 0.1) is 0 Å². The number of hydrogen-bond acceptors (Lipinski definition) is 5. The molecular formula is C20H22ClN5. The molecule has 1 aromatic heterocycles. The fraction of sp³-hybridized carbons (Fsp3) is 0.200. The molecule has 3 aromatic rings. The number of hydrogen-bond donors (Lipinski definition) is 2. The first kappa shape index (κ1) is 18.2. The molecule has 5 nitrogen and oxygen atoms in total. The fourth-order valence-corrected chi connectivity index (χ4v) is 2.53. The summed E-state index contributed by atoms with van der Waals surface area (Å²) in [4.78, 5) is 11.4. The third-order valence-corrected chi connectivity index (χ3v) is 3.99. The third kappa shape index (κ3) is 5.18. The lowest BCUT2D eigenvalue weighted by Gasteiger charge is -2.13. The van der Waals surface area contributed by atoms with Gasteiger partial charge in [-0.05, 0) is 38.4 Å². The van der Waals surface area contributed by atoms with E-state index in [4.69, 9.17) is 11.6 Å². The van der Waals surface area contributed by atoms with Crippen LogP contribution in [0.5, 0.6) is 0 Å². The van der Waals surface area contributed by atoms with Crippen molar-refractivity contribution in [3.05, 3.63) is 65.7 Å². The monoisotopic (exact) mass is 367 g/mol. The molecular weight excluding hydrogens is 346 g/mol. The van der Waals surface area contributed by atoms with E-state index >= 15 is 0 Å². The van der Waals surface area contributed by atoms with Crippen molar-refractivity contribution in [2.45, 2.75) is 0 Å². The third-order valence-electron chi connectivity index (χ3n) is 3.74. The Labute approximate surface area is 159 Å². The van der Waals surface area contributed by atoms with Crippen LogP contribution in [-0.4, -0.2) is 42.1 Å². The van der Waals surface area contributed by atoms with Crippen LogP contribution in [0.1, 0.15) is 0 Å². The Kier molecular flexibility index (Phi) is 6.04. The molecule has 0 fully saturated rings. The van der Waals surface area contributed by atoms with E-state index in [9.17, 15) is 0 Å². The lowest BCUT2D eigenvalue weighted by Crippen LogP contribution is -2.21. The Bertz CT molecular complexity index is 835. The summed E-state index contributed by atoms with van der Waals surface area (Å²) in [6.07, 6.45) is 0. The minimum atomic E-state index is 0.678. The van der Waals surface area contributed by atoms with Gasteiger partial charge >= 0.3 is 0 Å². The Balaban J connectivity index is 1.87. The number of aromatic nitrogens is 2. The smallest absolute Gasteiger partial charge is 0.163 e. The highest BCUT2D eigenvalue weighted by atomic mass is 35.5. The van der Waals surface area contributed by atoms with Crippen molar-refractivity contribution >= 4 is 28.9 Å². The SMILES string of the molecule is CN(C)CCNc1cc(Nc2ccc(Cl)cc2)nc(-c2ccccc2)n1. The molecule has 0 atom stereocenters. The Morgan fingerprint density at radius 2 is 1.62 bits per heavy atom. The quantitative estimate of drug-likeness (QED) is 0.643. The second-order valence-electron chi connectivity index (χ2n) is 6.19. The van der Waals surface area contributed by atoms with E-state index < -0.39 is 0 Å². The average molecular weight is 368 g/mol. The van der Waals surface area contributed by atoms with Crippen molar-refractivity contribution in [2.24, 2.45) is 0 Å². The van der Waals surface area contributed by atoms with Crippen molar-refractivity contribution in [3.63, 3.8) is 0 Å². The lowest BCUT2D eigenvalue weighted by atomic mass is 10.2. The Morgan fingerprint density at radius 1 is 0.923 bits per heavy atom. The molecule has 6 heteroatoms. The number of nitrogens with one attached hydrogen (secondary N) is 2. The molecule has 2 N–H and O–H groups in total. The summed E-state index contributed by atoms with van der Waals surface area (Å²) in [6.45, 7) is 1.73. The molecule has 0 aliphatic carbocycles. The summed E-state index contributed by atoms with van der Waals surface area (Å²) in [6, 6.07) is 19.4. The molecule has 0 amide bonds. The van der Waals surface area contributed by atoms with Crippen LogP contribution in [0.15, 0.2) is 60.7 Å². The molecule has 2 aromatic carbocycles. The van der Waals surface area contributed by atoms with Gasteiger partial charge in [0.15, 0.2) is 5.82 Å². The molecule has 1 heterocycles. The first-order valence-electron chi connectivity index (χ1n) is 8.46. The van der Waals surface area contributed by atoms with Crippen molar-refractivity contribution in [3.8, 4) is 11.4 Å². The fourth-order valence-electron chi connectivity index (χ4n) is 2.41. The maximum atomic E-state index is 5.96. The van der Waals surface area contributed by atoms with Gasteiger partial charge in [0.25, 0.3) is 0 Å². The summed E-state index contributed by atoms with van der Waals surface area (Å²) in [5.74, 6) is 2.20. The van der Waals surface area contributed by atoms with Gasteiger partial charge in [0.2, 0.25) is 0 Å². The van der Waals surface area contributed by atoms with E-state index in [-0.39, 0.29) is 0 Å². The normalized spacial score (nSPS) is 10.8. The molecule has 0 aliphatic rings. The highest BCUT2D eigenvalue weighted by Gasteiger charge is 2.07. The zero-order valence-corrected chi connectivity index (χ0v) is 15.7. The zero-order chi connectivity index (χ0) is 18.4. The predicted molar refractivity (Wildman–Crippen MR) is 109 cm³/mol. The van der Waals surface area contributed by atoms with Gasteiger partial charge in [-0.3, -0.25) is 0 Å². The number of likely N-dealkylation sites (N-methyl/N-ethyl adjacent to an activating group) is 1. The maximum absolute atomic E-state index is 5.96. The zero-order valence-electron chi connectivity index (χ0n) is 14.9. The number of benzene rings is 2. The largest absolute Gasteiger partial charge is 0.369 e. The van der Waals surface area contributed by atoms with Crippen LogP contribution in [0.2, 0.25) is 5.02 Å². The number of halogens is 1. The summed E-state index contributed by atoms with van der Waals surface area (Å²) in [5, 5.41) is 7.39. The Hall–Kier alpha value is -2.63. The molecule has 0 radical (unpaired) electrons. The number of rotatable bonds is 7. The van der Waals surface area contributed by atoms with E-state index in [0.29, 0.717) is 10.8 Å². The van der Waals surface area contributed by atoms with Crippen LogP contribution in [0, 0.1) is 0 Å². The summed E-state index contributed by atoms with van der Waals surface area (Å²) in [5.41, 5.74) is 1.90. The summed E-state index contributed by atoms with van der Waals surface area (Å²) >= 11 is 5.96. The van der Waals surface area contributed by atoms with Gasteiger partial charge in [-0.1, -0.05) is 41.9 Å². The van der Waals surface area contributed by atoms with Gasteiger partial charge < -0.3 is 15.5 Å². The molecule has 0 saturated heterocycles. The highest BCUT2D eigenvalue weighted by molar-refractivity contribution is 6.30. The molecule has 0 unspecified atom stereocenters. The maximum Gasteiger partial charge on any atom is 0.163 e. The average Bonchev–Trinajstić information content (AvgIpc) is 2.64. The van der Waals surface area contributed by atoms with Gasteiger partial charge in [0.1, 0.15) is 11.6 Å². The predicted octanol–water partition coefficient (Wildman–Crippen LogP) is 4.51. The van der Waals surface area contributed by atoms with E-state index in [1.165, 1.54) is 0 Å². The number of nitrogens with zero attached hydrogens (tertiary/aromatic N) is 3. The van der Waals surface area contributed by atoms with Crippen LogP contribution >= 0.6 is 11.6 Å². The second-order valence-corrected chi connectivity index (χ2v) is 6.63. The summed E-state index contributed by atoms with van der Waals surface area (Å²) in [7, 11) is 4.09. The van der Waals surface area contributed by atoms with Gasteiger partial charge in [-0.25, -0.2) is 9.97 Å². The molecule has 134 valence electrons. The van der Waals surface area contributed by atoms with Crippen LogP contribution in [-0.2, 0) is 0 Å². The second kappa shape index (κ2) is 8.65. The van der Waals surface area contributed by atoms with Gasteiger partial charge in [-0.2, -0.15) is 0 Å². The van der Waals surface area contributed by atoms with Crippen molar-refractivity contribution in [1.82, 2.24) is 14.9 Å². The standard InChI is InChI=1S/C20H22ClN5/c1-26(2)13-12-22-18-14-19(23-17-10-8-16(21)9-11-17)25-20(24-18)15-6-4-3-5-7-15/h3-11,14H,12-13H2,1-2H3,(H2,22,23,24,25). The van der Waals surface area contributed by atoms with Crippen LogP contribution in [0.3, 0.4) is 0 Å². The van der Waals surface area contributed by atoms with Crippen LogP contribution in [0.25, 0.3) is 11.4 Å². The molecule has 26 heavy (non-hydrogen) atoms. The molecule has 0 spiro atoms. The van der Waals surface area contributed by atoms with Gasteiger partial charge in [-0.15, -0.1) is 0 Å². The lowest BCUT2D eigenvalue weighted by molar-refractivity contribution is 0.425. The molecule has 0 bridgehead atoms. The molecule has 0 saturated carbocycles. The molecule has 0 aliphatic heterocycles. The number of anilines is 3. The van der Waals surface area contributed by atoms with E-state index in [0.717, 1.165) is 36.0 Å². The van der Waals surface area contributed by atoms with Crippen molar-refractivity contribution in [2.75, 3.05) is 37.8 Å². The van der Waals surface area contributed by atoms with E-state index in [1.54, 1.807) is 0 Å². The van der Waals surface area contributed by atoms with E-state index in [2.05, 4.69) is 25.5 Å². The topological polar surface area (TPSA) is 53.1 Å². The van der Waals surface area contributed by atoms with Crippen molar-refractivity contribution in [1.29, 1.82) is 0 Å². The van der Waals surface area contributed by atoms with Crippen LogP contribution < -0.4 is 10.6 Å². The van der Waals surface area contributed by atoms with Gasteiger partial charge in [0, 0.05) is 35.4 Å². The van der Waals surface area contributed by atoms with E-state index in [1.807, 2.05) is 74.8 Å². The first-order valence-corrected chi connectivity index (χ1v) is 8.83. The highest BCUT2D eigenvalue weighted by Crippen LogP contribution is 2.23. The minimum absolute atomic E-state index is 0.678. The van der Waals surface area contributed by atoms with Crippen LogP contribution in [0.4, 0.5) is 17.3 Å². The first-order chi connectivity index (χ1) is 12.6.